The van der Waals surface area contributed by atoms with Crippen molar-refractivity contribution < 1.29 is 86.0 Å². The molecule has 9 N–H and O–H groups in total. The summed E-state index contributed by atoms with van der Waals surface area (Å²) in [6.45, 7) is 24.6. The van der Waals surface area contributed by atoms with E-state index in [0.29, 0.717) is 82.5 Å². The van der Waals surface area contributed by atoms with E-state index in [1.807, 2.05) is 80.6 Å². The minimum atomic E-state index is -1.20. The van der Waals surface area contributed by atoms with Gasteiger partial charge in [0.15, 0.2) is 0 Å². The van der Waals surface area contributed by atoms with Crippen LogP contribution in [0.2, 0.25) is 0 Å². The summed E-state index contributed by atoms with van der Waals surface area (Å²) >= 11 is 1.46. The van der Waals surface area contributed by atoms with Gasteiger partial charge < -0.3 is 95.5 Å². The Bertz CT molecular complexity index is 4350. The molecule has 0 unspecified atom stereocenters. The van der Waals surface area contributed by atoms with Crippen LogP contribution in [0.5, 0.6) is 0 Å². The highest BCUT2D eigenvalue weighted by atomic mass is 32.1. The highest BCUT2D eigenvalue weighted by Gasteiger charge is 2.45. The number of primary amides is 1. The van der Waals surface area contributed by atoms with Gasteiger partial charge in [0.05, 0.1) is 75.5 Å². The maximum absolute atomic E-state index is 15.0. The molecule has 3 aromatic heterocycles. The third kappa shape index (κ3) is 31.9. The number of ether oxygens (including phenoxy) is 6. The molecule has 2 aliphatic rings. The fourth-order valence-corrected chi connectivity index (χ4v) is 17.2. The Labute approximate surface area is 752 Å². The Balaban J connectivity index is 0.926. The van der Waals surface area contributed by atoms with E-state index < -0.39 is 119 Å². The van der Waals surface area contributed by atoms with E-state index >= 15 is 4.79 Å². The number of aryl methyl sites for hydroxylation is 1. The number of nitrogens with zero attached hydrogens (tertiary/aromatic N) is 8. The normalized spacial score (nSPS) is 16.1. The minimum absolute atomic E-state index is 0.0220. The van der Waals surface area contributed by atoms with Crippen LogP contribution in [0.1, 0.15) is 188 Å². The van der Waals surface area contributed by atoms with Crippen LogP contribution < -0.4 is 43.0 Å². The largest absolute Gasteiger partial charge is 0.460 e. The molecule has 0 aliphatic carbocycles. The van der Waals surface area contributed by atoms with Gasteiger partial charge >= 0.3 is 18.1 Å². The minimum Gasteiger partial charge on any atom is -0.460 e. The molecule has 2 fully saturated rings. The number of methoxy groups -OCH3 is 2. The van der Waals surface area contributed by atoms with Gasteiger partial charge in [0.25, 0.3) is 0 Å². The third-order valence-electron chi connectivity index (χ3n) is 23.4. The fourth-order valence-electron chi connectivity index (χ4n) is 16.5. The molecular weight excluding hydrogens is 1650 g/mol. The van der Waals surface area contributed by atoms with Gasteiger partial charge in [-0.05, 0) is 138 Å². The molecule has 5 aromatic rings. The number of pyridine rings is 1. The number of piperidine rings is 1. The molecule has 0 spiro atoms. The van der Waals surface area contributed by atoms with Crippen molar-refractivity contribution in [2.75, 3.05) is 99.8 Å². The number of likely N-dealkylation sites (tertiary alicyclic amines) is 2. The number of carbonyl (C=O) groups is 12. The molecule has 0 bridgehead atoms. The summed E-state index contributed by atoms with van der Waals surface area (Å²) < 4.78 is 37.0. The second-order valence-electron chi connectivity index (χ2n) is 35.0. The Morgan fingerprint density at radius 1 is 0.685 bits per heavy atom. The van der Waals surface area contributed by atoms with Crippen molar-refractivity contribution >= 4 is 99.3 Å². The van der Waals surface area contributed by atoms with Gasteiger partial charge in [-0.15, -0.1) is 11.3 Å². The number of benzene rings is 2. The van der Waals surface area contributed by atoms with E-state index in [1.54, 1.807) is 128 Å². The zero-order chi connectivity index (χ0) is 93.2. The Kier molecular flexibility index (Phi) is 42.3. The van der Waals surface area contributed by atoms with Crippen LogP contribution >= 0.6 is 11.3 Å². The fraction of sp³-hybridized carbons (Fsp3) is 0.630. The molecule has 127 heavy (non-hydrogen) atoms. The van der Waals surface area contributed by atoms with E-state index in [9.17, 15) is 52.7 Å². The number of nitrogens with one attached hydrogen (secondary N) is 7. The number of nitrogens with two attached hydrogens (primary N) is 1. The molecule has 35 heteroatoms. The quantitative estimate of drug-likeness (QED) is 0.0134. The highest BCUT2D eigenvalue weighted by Crippen LogP contribution is 2.32. The van der Waals surface area contributed by atoms with Crippen LogP contribution in [0.4, 0.5) is 15.3 Å². The summed E-state index contributed by atoms with van der Waals surface area (Å²) in [6, 6.07) is 15.1. The monoisotopic (exact) mass is 1790 g/mol. The van der Waals surface area contributed by atoms with Crippen LogP contribution in [-0.4, -0.2) is 265 Å². The smallest absolute Gasteiger partial charge is 0.410 e. The number of carbonyl (C=O) groups excluding carboxylic acids is 12. The third-order valence-corrected chi connectivity index (χ3v) is 24.3. The lowest BCUT2D eigenvalue weighted by Gasteiger charge is -2.41. The van der Waals surface area contributed by atoms with Gasteiger partial charge in [-0.3, -0.25) is 52.8 Å². The van der Waals surface area contributed by atoms with E-state index in [2.05, 4.69) is 57.8 Å². The van der Waals surface area contributed by atoms with Crippen molar-refractivity contribution in [1.82, 2.24) is 70.9 Å². The number of likely N-dealkylation sites (N-methyl/N-ethyl adjacent to an activating group) is 2. The van der Waals surface area contributed by atoms with E-state index in [0.717, 1.165) is 27.3 Å². The molecule has 11 atom stereocenters. The molecule has 0 saturated carbocycles. The number of urea groups is 1. The number of anilines is 1. The number of aromatic nitrogens is 3. The molecule has 2 aromatic carbocycles. The first kappa shape index (κ1) is 104. The number of fused-ring (bicyclic) bond motifs is 1. The predicted molar refractivity (Wildman–Crippen MR) is 483 cm³/mol. The molecular formula is C92H140N16O18S. The predicted octanol–water partition coefficient (Wildman–Crippen LogP) is 8.43. The molecule has 0 radical (unpaired) electrons. The highest BCUT2D eigenvalue weighted by molar-refractivity contribution is 7.09. The summed E-state index contributed by atoms with van der Waals surface area (Å²) in [5.41, 5.74) is 8.39. The Hall–Kier alpha value is -10.2. The summed E-state index contributed by atoms with van der Waals surface area (Å²) in [5.74, 6) is -6.39. The van der Waals surface area contributed by atoms with E-state index in [1.165, 1.54) is 30.4 Å². The van der Waals surface area contributed by atoms with E-state index in [-0.39, 0.29) is 139 Å². The average Bonchev–Trinajstić information content (AvgIpc) is 1.50. The number of hydrogen-bond donors (Lipinski definition) is 8. The Morgan fingerprint density at radius 2 is 1.38 bits per heavy atom. The first-order valence-corrected chi connectivity index (χ1v) is 45.5. The summed E-state index contributed by atoms with van der Waals surface area (Å²) in [5, 5.41) is 23.9. The zero-order valence-electron chi connectivity index (χ0n) is 77.4. The number of hydrogen-bond acceptors (Lipinski definition) is 22. The average molecular weight is 1790 g/mol. The van der Waals surface area contributed by atoms with Gasteiger partial charge in [-0.2, -0.15) is 0 Å². The lowest BCUT2D eigenvalue weighted by atomic mass is 9.89. The molecule has 2 aliphatic heterocycles. The van der Waals surface area contributed by atoms with Gasteiger partial charge in [-0.1, -0.05) is 111 Å². The number of esters is 1. The first-order chi connectivity index (χ1) is 60.5. The van der Waals surface area contributed by atoms with Crippen LogP contribution in [0, 0.1) is 29.6 Å². The van der Waals surface area contributed by atoms with Gasteiger partial charge in [0, 0.05) is 134 Å². The van der Waals surface area contributed by atoms with Crippen molar-refractivity contribution in [2.45, 2.75) is 252 Å². The van der Waals surface area contributed by atoms with E-state index in [4.69, 9.17) is 34.2 Å². The molecule has 34 nitrogen and oxygen atoms in total. The van der Waals surface area contributed by atoms with Gasteiger partial charge in [0.1, 0.15) is 47.0 Å². The number of amides is 12. The topological polar surface area (TPSA) is 417 Å². The van der Waals surface area contributed by atoms with Crippen molar-refractivity contribution in [3.63, 3.8) is 0 Å². The summed E-state index contributed by atoms with van der Waals surface area (Å²) in [6.07, 6.45) is 4.50. The standard InChI is InChI=1S/C92H140N16O18S/c1-18-61(8)81(72(121-16)55-76(112)108-43-24-29-71(108)82(122-17)62(9)84(114)100-70(88-96-42-52-127-88)53-63-25-20-19-21-26-63)103(14)89(118)79(59(4)5)102-87(117)80(60(6)7)104(15)91(120)125-57-64-30-32-66(33-31-64)98-85(115)69(28-23-41-97-90(93)119)99-86(116)78(58(2)3)101-73(109)34-35-75(111)106(47-49-124-51-50-123-48-39-77(113)126-92(10,11)12)67-36-44-105(45-37-67)74(110)38-46-107-68(56-94-13)54-65-27-22-40-95-83(65)107/h19-22,25-27,30-33,40,42,52,54,58-62,67,69-72,78-82,94H,18,23-24,28-29,34-39,41,43-51,53,55-57H2,1-17H3,(H,98,115)(H,99,116)(H,100,114)(H,101,109)(H,102,117)(H3,93,97,119)/t61-,62+,69-,70-,71-,72+,78-,79-,80-,81-,82+/m0/s1. The van der Waals surface area contributed by atoms with Crippen LogP contribution in [0.15, 0.2) is 90.6 Å². The number of thiazole rings is 1. The number of rotatable bonds is 51. The van der Waals surface area contributed by atoms with Gasteiger partial charge in [-0.25, -0.2) is 19.6 Å². The molecule has 7 rings (SSSR count). The lowest BCUT2D eigenvalue weighted by Crippen LogP contribution is -2.60. The van der Waals surface area contributed by atoms with Crippen molar-refractivity contribution in [3.8, 4) is 0 Å². The SMILES string of the molecule is CC[C@H](C)[C@@H]([C@@H](CC(=O)N1CCC[C@H]1[C@H](OC)[C@@H](C)C(=O)N[C@@H](Cc1ccccc1)c1nccs1)OC)N(C)C(=O)[C@@H](NC(=O)[C@H](C(C)C)N(C)C(=O)OCc1ccc(NC(=O)[C@H](CCCNC(N)=O)NC(=O)[C@@H](NC(=O)CCC(=O)N(CCOCCOCCC(=O)OC(C)(C)C)C2CCN(C(=O)CCn3c(CNC)cc4cccnc43)CC2)C(C)C)cc1)C(C)C. The first-order valence-electron chi connectivity index (χ1n) is 44.6. The maximum atomic E-state index is 15.0. The maximum Gasteiger partial charge on any atom is 0.410 e. The van der Waals surface area contributed by atoms with Crippen LogP contribution in [0.3, 0.4) is 0 Å². The molecule has 702 valence electrons. The van der Waals surface area contributed by atoms with Gasteiger partial charge in [0.2, 0.25) is 53.2 Å². The zero-order valence-corrected chi connectivity index (χ0v) is 78.2. The Morgan fingerprint density at radius 3 is 2.00 bits per heavy atom. The lowest BCUT2D eigenvalue weighted by molar-refractivity contribution is -0.156. The van der Waals surface area contributed by atoms with Crippen LogP contribution in [-0.2, 0) is 102 Å². The van der Waals surface area contributed by atoms with Crippen LogP contribution in [0.25, 0.3) is 11.0 Å². The van der Waals surface area contributed by atoms with Crippen molar-refractivity contribution in [1.29, 1.82) is 0 Å². The molecule has 2 saturated heterocycles. The molecule has 5 heterocycles. The van der Waals surface area contributed by atoms with Crippen molar-refractivity contribution in [3.05, 3.63) is 112 Å². The summed E-state index contributed by atoms with van der Waals surface area (Å²) in [7, 11) is 8.01. The van der Waals surface area contributed by atoms with Crippen molar-refractivity contribution in [2.24, 2.45) is 35.3 Å². The molecule has 12 amide bonds. The summed E-state index contributed by atoms with van der Waals surface area (Å²) in [4.78, 5) is 184. The second-order valence-corrected chi connectivity index (χ2v) is 35.9. The second kappa shape index (κ2) is 51.7.